The van der Waals surface area contributed by atoms with Crippen molar-refractivity contribution in [2.24, 2.45) is 0 Å². The summed E-state index contributed by atoms with van der Waals surface area (Å²) in [5.74, 6) is -0.516. The van der Waals surface area contributed by atoms with Gasteiger partial charge in [0.25, 0.3) is 0 Å². The molecule has 1 atom stereocenters. The second-order valence-electron chi connectivity index (χ2n) is 8.36. The van der Waals surface area contributed by atoms with Gasteiger partial charge < -0.3 is 9.05 Å². The van der Waals surface area contributed by atoms with Crippen molar-refractivity contribution in [3.63, 3.8) is 0 Å². The van der Waals surface area contributed by atoms with Gasteiger partial charge in [0.2, 0.25) is 15.8 Å². The summed E-state index contributed by atoms with van der Waals surface area (Å²) in [5, 5.41) is -2.37. The molecule has 178 valence electrons. The average molecular weight is 512 g/mol. The number of hydrogen-bond donors (Lipinski definition) is 1. The molecule has 0 spiro atoms. The van der Waals surface area contributed by atoms with Crippen molar-refractivity contribution in [2.75, 3.05) is 0 Å². The van der Waals surface area contributed by atoms with Crippen LogP contribution >= 0.6 is 19.2 Å². The Kier molecular flexibility index (Phi) is 7.39. The first-order chi connectivity index (χ1) is 15.3. The SMILES string of the molecule is Cc1ccc(S(=O)(=O)NC2(P(=O)(OC(C)C)OC(C)C)C=C(Cl)C(=O)c3ccccc32)cc1. The first-order valence-electron chi connectivity index (χ1n) is 10.4. The van der Waals surface area contributed by atoms with Crippen molar-refractivity contribution in [3.8, 4) is 0 Å². The number of aryl methyl sites for hydroxylation is 1. The number of carbonyl (C=O) groups is 1. The lowest BCUT2D eigenvalue weighted by atomic mass is 9.92. The van der Waals surface area contributed by atoms with Gasteiger partial charge in [0.15, 0.2) is 5.28 Å². The van der Waals surface area contributed by atoms with Crippen molar-refractivity contribution in [2.45, 2.75) is 57.0 Å². The molecule has 0 aromatic heterocycles. The molecule has 0 radical (unpaired) electrons. The van der Waals surface area contributed by atoms with Gasteiger partial charge >= 0.3 is 7.60 Å². The average Bonchev–Trinajstić information content (AvgIpc) is 2.70. The van der Waals surface area contributed by atoms with Gasteiger partial charge in [0.05, 0.1) is 22.1 Å². The summed E-state index contributed by atoms with van der Waals surface area (Å²) in [4.78, 5) is 12.8. The third kappa shape index (κ3) is 5.02. The van der Waals surface area contributed by atoms with E-state index in [4.69, 9.17) is 20.6 Å². The number of fused-ring (bicyclic) bond motifs is 1. The molecule has 0 aliphatic heterocycles. The zero-order valence-corrected chi connectivity index (χ0v) is 21.5. The Hall–Kier alpha value is -1.80. The van der Waals surface area contributed by atoms with Gasteiger partial charge in [-0.25, -0.2) is 8.42 Å². The zero-order valence-electron chi connectivity index (χ0n) is 19.0. The Balaban J connectivity index is 2.35. The summed E-state index contributed by atoms with van der Waals surface area (Å²) in [6.07, 6.45) is -0.0455. The molecular weight excluding hydrogens is 485 g/mol. The van der Waals surface area contributed by atoms with Crippen LogP contribution in [0.4, 0.5) is 0 Å². The maximum atomic E-state index is 14.5. The highest BCUT2D eigenvalue weighted by molar-refractivity contribution is 7.90. The molecule has 1 N–H and O–H groups in total. The van der Waals surface area contributed by atoms with Crippen molar-refractivity contribution < 1.29 is 26.8 Å². The number of Topliss-reactive ketones (excluding diaryl/α,β-unsaturated/α-hetero) is 1. The van der Waals surface area contributed by atoms with Crippen LogP contribution in [0.1, 0.15) is 49.2 Å². The molecule has 0 fully saturated rings. The summed E-state index contributed by atoms with van der Waals surface area (Å²) in [6.45, 7) is 8.46. The number of ketones is 1. The standard InChI is InChI=1S/C23H27ClNO6PS/c1-15(2)30-32(27,31-16(3)4)23(25-33(28,29)18-12-10-17(5)11-13-18)14-21(24)22(26)19-8-6-7-9-20(19)23/h6-16,25H,1-5H3. The van der Waals surface area contributed by atoms with Crippen LogP contribution in [0.25, 0.3) is 0 Å². The Morgan fingerprint density at radius 3 is 2.06 bits per heavy atom. The van der Waals surface area contributed by atoms with Gasteiger partial charge in [-0.1, -0.05) is 53.6 Å². The lowest BCUT2D eigenvalue weighted by Gasteiger charge is -2.41. The third-order valence-electron chi connectivity index (χ3n) is 4.89. The second kappa shape index (κ2) is 9.45. The Morgan fingerprint density at radius 1 is 0.970 bits per heavy atom. The number of hydrogen-bond acceptors (Lipinski definition) is 6. The maximum absolute atomic E-state index is 14.5. The van der Waals surface area contributed by atoms with E-state index in [1.807, 2.05) is 6.92 Å². The molecular formula is C23H27ClNO6PS. The van der Waals surface area contributed by atoms with E-state index < -0.39 is 40.9 Å². The quantitative estimate of drug-likeness (QED) is 0.471. The fourth-order valence-corrected chi connectivity index (χ4v) is 8.17. The second-order valence-corrected chi connectivity index (χ2v) is 12.6. The largest absolute Gasteiger partial charge is 0.360 e. The lowest BCUT2D eigenvalue weighted by Crippen LogP contribution is -2.48. The summed E-state index contributed by atoms with van der Waals surface area (Å²) < 4.78 is 55.8. The summed E-state index contributed by atoms with van der Waals surface area (Å²) in [6, 6.07) is 12.4. The molecule has 0 saturated carbocycles. The van der Waals surface area contributed by atoms with Crippen molar-refractivity contribution in [1.82, 2.24) is 4.72 Å². The fourth-order valence-electron chi connectivity index (χ4n) is 3.56. The molecule has 1 aliphatic rings. The molecule has 0 bridgehead atoms. The predicted octanol–water partition coefficient (Wildman–Crippen LogP) is 5.49. The first-order valence-corrected chi connectivity index (χ1v) is 13.8. The van der Waals surface area contributed by atoms with Crippen LogP contribution in [0.5, 0.6) is 0 Å². The molecule has 1 aliphatic carbocycles. The van der Waals surface area contributed by atoms with Gasteiger partial charge in [0.1, 0.15) is 0 Å². The highest BCUT2D eigenvalue weighted by atomic mass is 35.5. The van der Waals surface area contributed by atoms with E-state index in [-0.39, 0.29) is 21.1 Å². The molecule has 2 aromatic carbocycles. The molecule has 2 aromatic rings. The molecule has 3 rings (SSSR count). The topological polar surface area (TPSA) is 98.8 Å². The number of halogens is 1. The molecule has 0 amide bonds. The zero-order chi connectivity index (χ0) is 24.6. The third-order valence-corrected chi connectivity index (χ3v) is 9.55. The van der Waals surface area contributed by atoms with E-state index in [0.717, 1.165) is 11.6 Å². The van der Waals surface area contributed by atoms with E-state index >= 15 is 0 Å². The first kappa shape index (κ1) is 25.8. The fraction of sp³-hybridized carbons (Fsp3) is 0.348. The van der Waals surface area contributed by atoms with Crippen LogP contribution < -0.4 is 4.72 Å². The van der Waals surface area contributed by atoms with Gasteiger partial charge in [-0.3, -0.25) is 9.36 Å². The smallest absolute Gasteiger partial charge is 0.304 e. The number of carbonyl (C=O) groups excluding carboxylic acids is 1. The minimum absolute atomic E-state index is 0.0491. The van der Waals surface area contributed by atoms with Gasteiger partial charge in [0, 0.05) is 11.1 Å². The maximum Gasteiger partial charge on any atom is 0.360 e. The number of allylic oxidation sites excluding steroid dienone is 1. The summed E-state index contributed by atoms with van der Waals surface area (Å²) in [7, 11) is -8.63. The van der Waals surface area contributed by atoms with Crippen molar-refractivity contribution >= 4 is 35.0 Å². The number of sulfonamides is 1. The van der Waals surface area contributed by atoms with Crippen LogP contribution in [0.15, 0.2) is 64.5 Å². The molecule has 10 heteroatoms. The molecule has 33 heavy (non-hydrogen) atoms. The Labute approximate surface area is 199 Å². The van der Waals surface area contributed by atoms with Crippen LogP contribution in [0, 0.1) is 6.92 Å². The monoisotopic (exact) mass is 511 g/mol. The highest BCUT2D eigenvalue weighted by Crippen LogP contribution is 2.67. The molecule has 7 nitrogen and oxygen atoms in total. The van der Waals surface area contributed by atoms with E-state index in [1.54, 1.807) is 52.0 Å². The minimum Gasteiger partial charge on any atom is -0.304 e. The lowest BCUT2D eigenvalue weighted by molar-refractivity contribution is 0.103. The van der Waals surface area contributed by atoms with Gasteiger partial charge in [-0.05, 0) is 52.8 Å². The van der Waals surface area contributed by atoms with E-state index in [9.17, 15) is 17.8 Å². The van der Waals surface area contributed by atoms with Crippen molar-refractivity contribution in [1.29, 1.82) is 0 Å². The summed E-state index contributed by atoms with van der Waals surface area (Å²) >= 11 is 6.30. The van der Waals surface area contributed by atoms with Crippen LogP contribution in [0.2, 0.25) is 0 Å². The minimum atomic E-state index is -4.36. The Morgan fingerprint density at radius 2 is 1.52 bits per heavy atom. The van der Waals surface area contributed by atoms with Gasteiger partial charge in [-0.15, -0.1) is 0 Å². The number of benzene rings is 2. The van der Waals surface area contributed by atoms with E-state index in [1.165, 1.54) is 24.3 Å². The Bertz CT molecular complexity index is 1230. The predicted molar refractivity (Wildman–Crippen MR) is 128 cm³/mol. The normalized spacial score (nSPS) is 19.0. The number of nitrogens with one attached hydrogen (secondary N) is 1. The van der Waals surface area contributed by atoms with Crippen LogP contribution in [0.3, 0.4) is 0 Å². The molecule has 0 saturated heterocycles. The van der Waals surface area contributed by atoms with Gasteiger partial charge in [-0.2, -0.15) is 4.72 Å². The summed E-state index contributed by atoms with van der Waals surface area (Å²) in [5.41, 5.74) is 1.12. The number of rotatable bonds is 8. The van der Waals surface area contributed by atoms with E-state index in [0.29, 0.717) is 0 Å². The molecule has 1 unspecified atom stereocenters. The highest BCUT2D eigenvalue weighted by Gasteiger charge is 2.58. The van der Waals surface area contributed by atoms with Crippen LogP contribution in [-0.2, 0) is 28.9 Å². The molecule has 0 heterocycles. The van der Waals surface area contributed by atoms with E-state index in [2.05, 4.69) is 4.72 Å². The van der Waals surface area contributed by atoms with Crippen LogP contribution in [-0.4, -0.2) is 26.4 Å². The van der Waals surface area contributed by atoms with Crippen molar-refractivity contribution in [3.05, 3.63) is 76.3 Å².